The van der Waals surface area contributed by atoms with Crippen LogP contribution in [-0.4, -0.2) is 40.0 Å². The number of aromatic nitrogens is 3. The summed E-state index contributed by atoms with van der Waals surface area (Å²) < 4.78 is 0. The average molecular weight is 374 g/mol. The number of carbonyl (C=O) groups is 1. The lowest BCUT2D eigenvalue weighted by atomic mass is 10.1. The highest BCUT2D eigenvalue weighted by Gasteiger charge is 2.24. The van der Waals surface area contributed by atoms with Gasteiger partial charge in [-0.3, -0.25) is 9.78 Å². The zero-order valence-corrected chi connectivity index (χ0v) is 16.4. The van der Waals surface area contributed by atoms with E-state index in [1.165, 1.54) is 0 Å². The van der Waals surface area contributed by atoms with E-state index in [0.717, 1.165) is 36.3 Å². The van der Waals surface area contributed by atoms with Crippen LogP contribution in [0.15, 0.2) is 18.3 Å². The number of aryl methyl sites for hydroxylation is 1. The number of rotatable bonds is 4. The molecule has 0 fully saturated rings. The molecule has 0 spiro atoms. The first-order chi connectivity index (χ1) is 12.2. The summed E-state index contributed by atoms with van der Waals surface area (Å²) in [6.07, 6.45) is 4.50. The maximum absolute atomic E-state index is 12.3. The van der Waals surface area contributed by atoms with E-state index in [1.807, 2.05) is 38.8 Å². The first-order valence-corrected chi connectivity index (χ1v) is 9.14. The predicted octanol–water partition coefficient (Wildman–Crippen LogP) is 3.03. The molecule has 26 heavy (non-hydrogen) atoms. The minimum atomic E-state index is -0.260. The SMILES string of the molecule is CN(CC(=O)NC(C)(C)C)c1nc(-c2ccc(Cl)cn2)nc2c1CCC2. The van der Waals surface area contributed by atoms with Crippen LogP contribution in [0.25, 0.3) is 11.5 Å². The molecular weight excluding hydrogens is 350 g/mol. The van der Waals surface area contributed by atoms with Crippen LogP contribution in [0.2, 0.25) is 5.02 Å². The predicted molar refractivity (Wildman–Crippen MR) is 103 cm³/mol. The Morgan fingerprint density at radius 1 is 1.27 bits per heavy atom. The standard InChI is InChI=1S/C19H24ClN5O/c1-19(2,3)24-16(26)11-25(4)18-13-6-5-7-14(13)22-17(23-18)15-9-8-12(20)10-21-15/h8-10H,5-7,11H2,1-4H3,(H,24,26). The Morgan fingerprint density at radius 2 is 2.04 bits per heavy atom. The third-order valence-corrected chi connectivity index (χ3v) is 4.35. The van der Waals surface area contributed by atoms with Gasteiger partial charge in [0.25, 0.3) is 0 Å². The molecule has 2 heterocycles. The normalized spacial score (nSPS) is 13.4. The number of amides is 1. The molecule has 0 aliphatic heterocycles. The Hall–Kier alpha value is -2.21. The number of hydrogen-bond acceptors (Lipinski definition) is 5. The van der Waals surface area contributed by atoms with Crippen molar-refractivity contribution in [2.45, 2.75) is 45.6 Å². The Morgan fingerprint density at radius 3 is 2.69 bits per heavy atom. The van der Waals surface area contributed by atoms with Crippen LogP contribution < -0.4 is 10.2 Å². The van der Waals surface area contributed by atoms with Crippen molar-refractivity contribution in [2.75, 3.05) is 18.5 Å². The van der Waals surface area contributed by atoms with E-state index in [0.29, 0.717) is 16.5 Å². The van der Waals surface area contributed by atoms with Gasteiger partial charge >= 0.3 is 0 Å². The highest BCUT2D eigenvalue weighted by molar-refractivity contribution is 6.30. The van der Waals surface area contributed by atoms with Crippen molar-refractivity contribution >= 4 is 23.3 Å². The third-order valence-electron chi connectivity index (χ3n) is 4.12. The molecular formula is C19H24ClN5O. The van der Waals surface area contributed by atoms with Crippen LogP contribution in [0.1, 0.15) is 38.4 Å². The number of anilines is 1. The van der Waals surface area contributed by atoms with E-state index >= 15 is 0 Å². The smallest absolute Gasteiger partial charge is 0.239 e. The van der Waals surface area contributed by atoms with Crippen LogP contribution in [0, 0.1) is 0 Å². The van der Waals surface area contributed by atoms with Gasteiger partial charge in [-0.2, -0.15) is 0 Å². The summed E-state index contributed by atoms with van der Waals surface area (Å²) in [6, 6.07) is 3.59. The fourth-order valence-corrected chi connectivity index (χ4v) is 3.21. The second-order valence-corrected chi connectivity index (χ2v) is 8.10. The monoisotopic (exact) mass is 373 g/mol. The summed E-state index contributed by atoms with van der Waals surface area (Å²) in [7, 11) is 1.89. The summed E-state index contributed by atoms with van der Waals surface area (Å²) in [4.78, 5) is 27.9. The van der Waals surface area contributed by atoms with Gasteiger partial charge in [-0.1, -0.05) is 11.6 Å². The van der Waals surface area contributed by atoms with Crippen molar-refractivity contribution in [3.05, 3.63) is 34.6 Å². The van der Waals surface area contributed by atoms with Gasteiger partial charge in [0.15, 0.2) is 5.82 Å². The maximum atomic E-state index is 12.3. The van der Waals surface area contributed by atoms with E-state index in [4.69, 9.17) is 21.6 Å². The van der Waals surface area contributed by atoms with Crippen molar-refractivity contribution in [3.63, 3.8) is 0 Å². The van der Waals surface area contributed by atoms with Crippen molar-refractivity contribution in [1.82, 2.24) is 20.3 Å². The van der Waals surface area contributed by atoms with Crippen LogP contribution >= 0.6 is 11.6 Å². The van der Waals surface area contributed by atoms with Gasteiger partial charge in [0.2, 0.25) is 5.91 Å². The number of likely N-dealkylation sites (N-methyl/N-ethyl adjacent to an activating group) is 1. The number of carbonyl (C=O) groups excluding carboxylic acids is 1. The highest BCUT2D eigenvalue weighted by atomic mass is 35.5. The second-order valence-electron chi connectivity index (χ2n) is 7.67. The van der Waals surface area contributed by atoms with Gasteiger partial charge in [-0.25, -0.2) is 9.97 Å². The van der Waals surface area contributed by atoms with E-state index < -0.39 is 0 Å². The zero-order valence-electron chi connectivity index (χ0n) is 15.6. The van der Waals surface area contributed by atoms with Gasteiger partial charge in [-0.05, 0) is 52.2 Å². The number of fused-ring (bicyclic) bond motifs is 1. The summed E-state index contributed by atoms with van der Waals surface area (Å²) >= 11 is 5.93. The quantitative estimate of drug-likeness (QED) is 0.891. The molecule has 0 aromatic carbocycles. The van der Waals surface area contributed by atoms with Crippen LogP contribution in [-0.2, 0) is 17.6 Å². The topological polar surface area (TPSA) is 71.0 Å². The van der Waals surface area contributed by atoms with Gasteiger partial charge in [0, 0.05) is 30.0 Å². The molecule has 0 unspecified atom stereocenters. The molecule has 3 rings (SSSR count). The lowest BCUT2D eigenvalue weighted by Crippen LogP contribution is -2.45. The third kappa shape index (κ3) is 4.30. The minimum absolute atomic E-state index is 0.0310. The van der Waals surface area contributed by atoms with Gasteiger partial charge < -0.3 is 10.2 Å². The molecule has 0 atom stereocenters. The lowest BCUT2D eigenvalue weighted by Gasteiger charge is -2.25. The van der Waals surface area contributed by atoms with Crippen molar-refractivity contribution in [2.24, 2.45) is 0 Å². The zero-order chi connectivity index (χ0) is 18.9. The number of hydrogen-bond donors (Lipinski definition) is 1. The highest BCUT2D eigenvalue weighted by Crippen LogP contribution is 2.30. The van der Waals surface area contributed by atoms with E-state index in [-0.39, 0.29) is 18.0 Å². The molecule has 2 aromatic heterocycles. The molecule has 7 heteroatoms. The second kappa shape index (κ2) is 7.19. The van der Waals surface area contributed by atoms with E-state index in [1.54, 1.807) is 12.3 Å². The summed E-state index contributed by atoms with van der Waals surface area (Å²) in [5, 5.41) is 3.56. The molecule has 1 aliphatic rings. The van der Waals surface area contributed by atoms with Crippen LogP contribution in [0.3, 0.4) is 0 Å². The summed E-state index contributed by atoms with van der Waals surface area (Å²) in [5.41, 5.74) is 2.60. The molecule has 138 valence electrons. The first kappa shape index (κ1) is 18.6. The van der Waals surface area contributed by atoms with Crippen molar-refractivity contribution < 1.29 is 4.79 Å². The molecule has 1 N–H and O–H groups in total. The van der Waals surface area contributed by atoms with Crippen molar-refractivity contribution in [1.29, 1.82) is 0 Å². The Kier molecular flexibility index (Phi) is 5.14. The molecule has 0 bridgehead atoms. The Bertz CT molecular complexity index is 814. The van der Waals surface area contributed by atoms with E-state index in [9.17, 15) is 4.79 Å². The summed E-state index contributed by atoms with van der Waals surface area (Å²) in [6.45, 7) is 6.15. The molecule has 2 aromatic rings. The van der Waals surface area contributed by atoms with Gasteiger partial charge in [-0.15, -0.1) is 0 Å². The van der Waals surface area contributed by atoms with E-state index in [2.05, 4.69) is 10.3 Å². The fourth-order valence-electron chi connectivity index (χ4n) is 3.10. The lowest BCUT2D eigenvalue weighted by molar-refractivity contribution is -0.121. The average Bonchev–Trinajstić information content (AvgIpc) is 3.01. The van der Waals surface area contributed by atoms with Crippen molar-refractivity contribution in [3.8, 4) is 11.5 Å². The number of pyridine rings is 1. The molecule has 0 saturated heterocycles. The van der Waals surface area contributed by atoms with Gasteiger partial charge in [0.1, 0.15) is 11.5 Å². The fraction of sp³-hybridized carbons (Fsp3) is 0.474. The molecule has 0 saturated carbocycles. The molecule has 1 aliphatic carbocycles. The largest absolute Gasteiger partial charge is 0.350 e. The molecule has 6 nitrogen and oxygen atoms in total. The Labute approximate surface area is 159 Å². The first-order valence-electron chi connectivity index (χ1n) is 8.77. The Balaban J connectivity index is 1.91. The number of halogens is 1. The van der Waals surface area contributed by atoms with Crippen LogP contribution in [0.4, 0.5) is 5.82 Å². The maximum Gasteiger partial charge on any atom is 0.239 e. The summed E-state index contributed by atoms with van der Waals surface area (Å²) in [5.74, 6) is 1.35. The minimum Gasteiger partial charge on any atom is -0.350 e. The number of nitrogens with zero attached hydrogens (tertiary/aromatic N) is 4. The van der Waals surface area contributed by atoms with Gasteiger partial charge in [0.05, 0.1) is 11.6 Å². The number of nitrogens with one attached hydrogen (secondary N) is 1. The molecule has 1 amide bonds. The molecule has 0 radical (unpaired) electrons. The van der Waals surface area contributed by atoms with Crippen LogP contribution in [0.5, 0.6) is 0 Å².